The maximum Gasteiger partial charge on any atom is 0.0842 e. The summed E-state index contributed by atoms with van der Waals surface area (Å²) < 4.78 is 1.78. The Balaban J connectivity index is 1.84. The summed E-state index contributed by atoms with van der Waals surface area (Å²) in [6.45, 7) is 3.32. The summed E-state index contributed by atoms with van der Waals surface area (Å²) in [6, 6.07) is 0.587. The second-order valence-electron chi connectivity index (χ2n) is 4.92. The highest BCUT2D eigenvalue weighted by molar-refractivity contribution is 4.97. The average molecular weight is 222 g/mol. The van der Waals surface area contributed by atoms with E-state index in [0.717, 1.165) is 24.6 Å². The zero-order valence-corrected chi connectivity index (χ0v) is 10.3. The second-order valence-corrected chi connectivity index (χ2v) is 4.92. The highest BCUT2D eigenvalue weighted by Crippen LogP contribution is 2.34. The van der Waals surface area contributed by atoms with Crippen LogP contribution < -0.4 is 5.32 Å². The van der Waals surface area contributed by atoms with Gasteiger partial charge in [-0.1, -0.05) is 25.0 Å². The molecule has 0 saturated heterocycles. The Bertz CT molecular complexity index is 317. The maximum atomic E-state index is 4.16. The van der Waals surface area contributed by atoms with Gasteiger partial charge in [-0.3, -0.25) is 4.68 Å². The molecule has 1 N–H and O–H groups in total. The summed E-state index contributed by atoms with van der Waals surface area (Å²) >= 11 is 0. The molecule has 1 heterocycles. The van der Waals surface area contributed by atoms with Gasteiger partial charge >= 0.3 is 0 Å². The van der Waals surface area contributed by atoms with Crippen molar-refractivity contribution < 1.29 is 0 Å². The van der Waals surface area contributed by atoms with Crippen LogP contribution in [0.1, 0.15) is 38.3 Å². The quantitative estimate of drug-likeness (QED) is 0.760. The lowest BCUT2D eigenvalue weighted by molar-refractivity contribution is 0.451. The average Bonchev–Trinajstić information content (AvgIpc) is 2.98. The van der Waals surface area contributed by atoms with Crippen LogP contribution >= 0.6 is 0 Å². The van der Waals surface area contributed by atoms with Gasteiger partial charge < -0.3 is 5.32 Å². The summed E-state index contributed by atoms with van der Waals surface area (Å²) in [5.74, 6) is 0.964. The second kappa shape index (κ2) is 5.43. The highest BCUT2D eigenvalue weighted by atomic mass is 15.4. The van der Waals surface area contributed by atoms with Crippen molar-refractivity contribution in [2.45, 2.75) is 45.1 Å². The number of aromatic nitrogens is 3. The van der Waals surface area contributed by atoms with E-state index in [1.165, 1.54) is 25.7 Å². The van der Waals surface area contributed by atoms with Gasteiger partial charge in [0.15, 0.2) is 0 Å². The van der Waals surface area contributed by atoms with Crippen molar-refractivity contribution in [3.8, 4) is 0 Å². The highest BCUT2D eigenvalue weighted by Gasteiger charge is 2.25. The number of aryl methyl sites for hydroxylation is 1. The van der Waals surface area contributed by atoms with Gasteiger partial charge in [0.05, 0.1) is 5.69 Å². The van der Waals surface area contributed by atoms with Crippen LogP contribution in [-0.4, -0.2) is 27.6 Å². The monoisotopic (exact) mass is 222 g/mol. The van der Waals surface area contributed by atoms with Crippen LogP contribution in [0.3, 0.4) is 0 Å². The number of nitrogens with zero attached hydrogens (tertiary/aromatic N) is 3. The molecule has 0 aromatic carbocycles. The Morgan fingerprint density at radius 3 is 2.94 bits per heavy atom. The fourth-order valence-electron chi connectivity index (χ4n) is 2.08. The van der Waals surface area contributed by atoms with Crippen LogP contribution in [0.5, 0.6) is 0 Å². The van der Waals surface area contributed by atoms with Crippen LogP contribution in [0.2, 0.25) is 0 Å². The molecular weight excluding hydrogens is 200 g/mol. The molecular formula is C12H22N4. The van der Waals surface area contributed by atoms with Gasteiger partial charge in [-0.25, -0.2) is 0 Å². The van der Waals surface area contributed by atoms with Crippen molar-refractivity contribution in [1.29, 1.82) is 0 Å². The van der Waals surface area contributed by atoms with Crippen LogP contribution in [0.4, 0.5) is 0 Å². The molecule has 0 radical (unpaired) electrons. The van der Waals surface area contributed by atoms with E-state index in [1.807, 2.05) is 13.2 Å². The molecule has 90 valence electrons. The van der Waals surface area contributed by atoms with Crippen LogP contribution in [-0.2, 0) is 13.5 Å². The van der Waals surface area contributed by atoms with Crippen LogP contribution in [0, 0.1) is 5.92 Å². The van der Waals surface area contributed by atoms with Crippen molar-refractivity contribution in [2.24, 2.45) is 13.0 Å². The summed E-state index contributed by atoms with van der Waals surface area (Å²) in [7, 11) is 1.92. The molecule has 1 aliphatic rings. The predicted octanol–water partition coefficient (Wildman–Crippen LogP) is 1.53. The Morgan fingerprint density at radius 2 is 2.38 bits per heavy atom. The van der Waals surface area contributed by atoms with Gasteiger partial charge in [-0.05, 0) is 25.3 Å². The molecule has 1 aliphatic carbocycles. The molecule has 1 aromatic rings. The predicted molar refractivity (Wildman–Crippen MR) is 64.1 cm³/mol. The first kappa shape index (κ1) is 11.6. The zero-order chi connectivity index (χ0) is 11.4. The van der Waals surface area contributed by atoms with E-state index >= 15 is 0 Å². The van der Waals surface area contributed by atoms with E-state index in [2.05, 4.69) is 22.6 Å². The normalized spacial score (nSPS) is 17.6. The van der Waals surface area contributed by atoms with Crippen molar-refractivity contribution >= 4 is 0 Å². The SMILES string of the molecule is CCCNC(Cc1cn(C)nn1)CC1CC1. The first-order valence-electron chi connectivity index (χ1n) is 6.36. The summed E-state index contributed by atoms with van der Waals surface area (Å²) in [5.41, 5.74) is 1.11. The molecule has 0 aliphatic heterocycles. The van der Waals surface area contributed by atoms with E-state index in [9.17, 15) is 0 Å². The van der Waals surface area contributed by atoms with Crippen molar-refractivity contribution in [3.05, 3.63) is 11.9 Å². The van der Waals surface area contributed by atoms with Gasteiger partial charge in [0.2, 0.25) is 0 Å². The van der Waals surface area contributed by atoms with Gasteiger partial charge in [0.25, 0.3) is 0 Å². The zero-order valence-electron chi connectivity index (χ0n) is 10.3. The molecule has 16 heavy (non-hydrogen) atoms. The minimum absolute atomic E-state index is 0.587. The van der Waals surface area contributed by atoms with E-state index in [4.69, 9.17) is 0 Å². The molecule has 1 unspecified atom stereocenters. The third kappa shape index (κ3) is 3.59. The first-order chi connectivity index (χ1) is 7.78. The lowest BCUT2D eigenvalue weighted by Crippen LogP contribution is -2.32. The van der Waals surface area contributed by atoms with Crippen LogP contribution in [0.25, 0.3) is 0 Å². The minimum atomic E-state index is 0.587. The smallest absolute Gasteiger partial charge is 0.0842 e. The van der Waals surface area contributed by atoms with E-state index < -0.39 is 0 Å². The third-order valence-corrected chi connectivity index (χ3v) is 3.10. The minimum Gasteiger partial charge on any atom is -0.314 e. The fourth-order valence-corrected chi connectivity index (χ4v) is 2.08. The van der Waals surface area contributed by atoms with Crippen molar-refractivity contribution in [3.63, 3.8) is 0 Å². The number of hydrogen-bond acceptors (Lipinski definition) is 3. The first-order valence-corrected chi connectivity index (χ1v) is 6.36. The number of rotatable bonds is 7. The Morgan fingerprint density at radius 1 is 1.56 bits per heavy atom. The van der Waals surface area contributed by atoms with Gasteiger partial charge in [0, 0.05) is 25.7 Å². The van der Waals surface area contributed by atoms with Crippen LogP contribution in [0.15, 0.2) is 6.20 Å². The molecule has 0 amide bonds. The number of nitrogens with one attached hydrogen (secondary N) is 1. The number of hydrogen-bond donors (Lipinski definition) is 1. The van der Waals surface area contributed by atoms with Gasteiger partial charge in [0.1, 0.15) is 0 Å². The maximum absolute atomic E-state index is 4.16. The van der Waals surface area contributed by atoms with Crippen molar-refractivity contribution in [1.82, 2.24) is 20.3 Å². The Labute approximate surface area is 97.4 Å². The van der Waals surface area contributed by atoms with Gasteiger partial charge in [-0.15, -0.1) is 5.10 Å². The largest absolute Gasteiger partial charge is 0.314 e. The van der Waals surface area contributed by atoms with E-state index in [1.54, 1.807) is 4.68 Å². The third-order valence-electron chi connectivity index (χ3n) is 3.10. The molecule has 1 saturated carbocycles. The molecule has 4 heteroatoms. The summed E-state index contributed by atoms with van der Waals surface area (Å²) in [6.07, 6.45) is 8.38. The molecule has 1 atom stereocenters. The molecule has 1 fully saturated rings. The Kier molecular flexibility index (Phi) is 3.93. The van der Waals surface area contributed by atoms with E-state index in [-0.39, 0.29) is 0 Å². The molecule has 2 rings (SSSR count). The lowest BCUT2D eigenvalue weighted by Gasteiger charge is -2.16. The topological polar surface area (TPSA) is 42.7 Å². The lowest BCUT2D eigenvalue weighted by atomic mass is 10.1. The molecule has 0 spiro atoms. The molecule has 1 aromatic heterocycles. The molecule has 4 nitrogen and oxygen atoms in total. The Hall–Kier alpha value is -0.900. The summed E-state index contributed by atoms with van der Waals surface area (Å²) in [4.78, 5) is 0. The standard InChI is InChI=1S/C12H22N4/c1-3-6-13-11(7-10-4-5-10)8-12-9-16(2)15-14-12/h9-11,13H,3-8H2,1-2H3. The summed E-state index contributed by atoms with van der Waals surface area (Å²) in [5, 5.41) is 11.8. The fraction of sp³-hybridized carbons (Fsp3) is 0.833. The van der Waals surface area contributed by atoms with Gasteiger partial charge in [-0.2, -0.15) is 0 Å². The van der Waals surface area contributed by atoms with E-state index in [0.29, 0.717) is 6.04 Å². The van der Waals surface area contributed by atoms with Crippen molar-refractivity contribution in [2.75, 3.05) is 6.54 Å². The molecule has 0 bridgehead atoms.